The van der Waals surface area contributed by atoms with Gasteiger partial charge in [0.25, 0.3) is 5.91 Å². The third-order valence-corrected chi connectivity index (χ3v) is 2.40. The Labute approximate surface area is 107 Å². The molecule has 4 N–H and O–H groups in total. The van der Waals surface area contributed by atoms with Crippen LogP contribution < -0.4 is 10.6 Å². The van der Waals surface area contributed by atoms with Crippen LogP contribution in [-0.2, 0) is 4.79 Å². The molecule has 2 unspecified atom stereocenters. The van der Waals surface area contributed by atoms with Crippen molar-refractivity contribution in [3.8, 4) is 0 Å². The van der Waals surface area contributed by atoms with Crippen molar-refractivity contribution in [2.75, 3.05) is 19.6 Å². The molecule has 0 radical (unpaired) electrons. The molecule has 5 nitrogen and oxygen atoms in total. The van der Waals surface area contributed by atoms with Crippen molar-refractivity contribution in [2.45, 2.75) is 19.1 Å². The van der Waals surface area contributed by atoms with E-state index in [4.69, 9.17) is 5.11 Å². The van der Waals surface area contributed by atoms with Crippen LogP contribution in [0.15, 0.2) is 30.3 Å². The number of hydrogen-bond donors (Lipinski definition) is 4. The summed E-state index contributed by atoms with van der Waals surface area (Å²) >= 11 is 0. The quantitative estimate of drug-likeness (QED) is 0.507. The highest BCUT2D eigenvalue weighted by atomic mass is 16.3. The zero-order chi connectivity index (χ0) is 13.4. The zero-order valence-electron chi connectivity index (χ0n) is 10.5. The Bertz CT molecular complexity index is 355. The lowest BCUT2D eigenvalue weighted by atomic mass is 10.1. The van der Waals surface area contributed by atoms with Crippen molar-refractivity contribution in [1.29, 1.82) is 0 Å². The van der Waals surface area contributed by atoms with E-state index in [1.165, 1.54) is 0 Å². The molecule has 0 aliphatic rings. The maximum absolute atomic E-state index is 11.6. The number of aliphatic hydroxyl groups excluding tert-OH is 2. The molecule has 1 amide bonds. The normalized spacial score (nSPS) is 13.9. The molecule has 0 bridgehead atoms. The molecule has 0 fully saturated rings. The van der Waals surface area contributed by atoms with Crippen LogP contribution in [0.25, 0.3) is 0 Å². The fraction of sp³-hybridized carbons (Fsp3) is 0.462. The van der Waals surface area contributed by atoms with E-state index in [2.05, 4.69) is 10.6 Å². The molecule has 0 spiro atoms. The average Bonchev–Trinajstić information content (AvgIpc) is 2.38. The first-order valence-electron chi connectivity index (χ1n) is 6.00. The lowest BCUT2D eigenvalue weighted by Crippen LogP contribution is -2.36. The van der Waals surface area contributed by atoms with Gasteiger partial charge in [0.2, 0.25) is 0 Å². The van der Waals surface area contributed by atoms with E-state index in [0.29, 0.717) is 25.2 Å². The number of amides is 1. The van der Waals surface area contributed by atoms with E-state index >= 15 is 0 Å². The maximum atomic E-state index is 11.6. The van der Waals surface area contributed by atoms with Crippen LogP contribution in [0.1, 0.15) is 18.6 Å². The van der Waals surface area contributed by atoms with Crippen molar-refractivity contribution in [3.05, 3.63) is 35.9 Å². The van der Waals surface area contributed by atoms with Gasteiger partial charge in [-0.15, -0.1) is 0 Å². The smallest absolute Gasteiger partial charge is 0.253 e. The van der Waals surface area contributed by atoms with Crippen LogP contribution in [0.4, 0.5) is 0 Å². The number of carbonyl (C=O) groups excluding carboxylic acids is 1. The van der Waals surface area contributed by atoms with Crippen molar-refractivity contribution in [2.24, 2.45) is 0 Å². The van der Waals surface area contributed by atoms with Crippen LogP contribution >= 0.6 is 0 Å². The van der Waals surface area contributed by atoms with Gasteiger partial charge in [-0.1, -0.05) is 30.3 Å². The molecule has 18 heavy (non-hydrogen) atoms. The number of benzene rings is 1. The molecule has 1 aromatic rings. The minimum absolute atomic E-state index is 0.407. The highest BCUT2D eigenvalue weighted by Crippen LogP contribution is 2.11. The maximum Gasteiger partial charge on any atom is 0.253 e. The molecule has 0 saturated heterocycles. The van der Waals surface area contributed by atoms with Crippen LogP contribution in [0, 0.1) is 0 Å². The Kier molecular flexibility index (Phi) is 6.35. The molecule has 100 valence electrons. The largest absolute Gasteiger partial charge is 0.392 e. The molecule has 5 heteroatoms. The average molecular weight is 252 g/mol. The van der Waals surface area contributed by atoms with Crippen LogP contribution in [0.2, 0.25) is 0 Å². The first-order chi connectivity index (χ1) is 8.61. The third-order valence-electron chi connectivity index (χ3n) is 2.40. The predicted molar refractivity (Wildman–Crippen MR) is 69.0 cm³/mol. The van der Waals surface area contributed by atoms with Crippen molar-refractivity contribution in [3.63, 3.8) is 0 Å². The van der Waals surface area contributed by atoms with E-state index in [9.17, 15) is 9.90 Å². The molecule has 1 rings (SSSR count). The van der Waals surface area contributed by atoms with Gasteiger partial charge >= 0.3 is 0 Å². The molecular formula is C13H20N2O3. The molecule has 0 aliphatic carbocycles. The van der Waals surface area contributed by atoms with Crippen LogP contribution in [0.3, 0.4) is 0 Å². The molecule has 0 aliphatic heterocycles. The first-order valence-corrected chi connectivity index (χ1v) is 6.00. The SMILES string of the molecule is CC(O)CNCCNC(=O)C(O)c1ccccc1. The molecule has 0 heterocycles. The molecule has 1 aromatic carbocycles. The van der Waals surface area contributed by atoms with E-state index < -0.39 is 18.1 Å². The molecule has 0 saturated carbocycles. The van der Waals surface area contributed by atoms with Gasteiger partial charge in [0, 0.05) is 19.6 Å². The highest BCUT2D eigenvalue weighted by molar-refractivity contribution is 5.81. The summed E-state index contributed by atoms with van der Waals surface area (Å²) in [5.74, 6) is -0.417. The number of nitrogens with one attached hydrogen (secondary N) is 2. The Morgan fingerprint density at radius 2 is 1.89 bits per heavy atom. The van der Waals surface area contributed by atoms with Crippen molar-refractivity contribution in [1.82, 2.24) is 10.6 Å². The minimum atomic E-state index is -1.14. The lowest BCUT2D eigenvalue weighted by Gasteiger charge is -2.12. The summed E-state index contributed by atoms with van der Waals surface area (Å²) in [7, 11) is 0. The van der Waals surface area contributed by atoms with Crippen LogP contribution in [0.5, 0.6) is 0 Å². The van der Waals surface area contributed by atoms with Crippen molar-refractivity contribution < 1.29 is 15.0 Å². The second kappa shape index (κ2) is 7.81. The Morgan fingerprint density at radius 1 is 1.22 bits per heavy atom. The molecule has 0 aromatic heterocycles. The summed E-state index contributed by atoms with van der Waals surface area (Å²) < 4.78 is 0. The van der Waals surface area contributed by atoms with Crippen LogP contribution in [-0.4, -0.2) is 41.9 Å². The van der Waals surface area contributed by atoms with Gasteiger partial charge in [-0.2, -0.15) is 0 Å². The summed E-state index contributed by atoms with van der Waals surface area (Å²) in [4.78, 5) is 11.6. The topological polar surface area (TPSA) is 81.6 Å². The van der Waals surface area contributed by atoms with Gasteiger partial charge in [0.05, 0.1) is 6.10 Å². The fourth-order valence-electron chi connectivity index (χ4n) is 1.47. The van der Waals surface area contributed by atoms with Gasteiger partial charge in [0.1, 0.15) is 0 Å². The van der Waals surface area contributed by atoms with Gasteiger partial charge in [-0.3, -0.25) is 4.79 Å². The molecular weight excluding hydrogens is 232 g/mol. The van der Waals surface area contributed by atoms with Gasteiger partial charge in [-0.25, -0.2) is 0 Å². The number of carbonyl (C=O) groups is 1. The third kappa shape index (κ3) is 5.27. The fourth-order valence-corrected chi connectivity index (χ4v) is 1.47. The van der Waals surface area contributed by atoms with Gasteiger partial charge in [0.15, 0.2) is 6.10 Å². The Balaban J connectivity index is 2.25. The Hall–Kier alpha value is -1.43. The summed E-state index contributed by atoms with van der Waals surface area (Å²) in [6, 6.07) is 8.78. The van der Waals surface area contributed by atoms with Gasteiger partial charge in [-0.05, 0) is 12.5 Å². The summed E-state index contributed by atoms with van der Waals surface area (Å²) in [5.41, 5.74) is 0.576. The van der Waals surface area contributed by atoms with E-state index in [0.717, 1.165) is 0 Å². The van der Waals surface area contributed by atoms with E-state index in [1.807, 2.05) is 6.07 Å². The monoisotopic (exact) mass is 252 g/mol. The van der Waals surface area contributed by atoms with Gasteiger partial charge < -0.3 is 20.8 Å². The molecule has 2 atom stereocenters. The zero-order valence-corrected chi connectivity index (χ0v) is 10.5. The number of hydrogen-bond acceptors (Lipinski definition) is 4. The minimum Gasteiger partial charge on any atom is -0.392 e. The summed E-state index contributed by atoms with van der Waals surface area (Å²) in [6.07, 6.45) is -1.54. The lowest BCUT2D eigenvalue weighted by molar-refractivity contribution is -0.129. The second-order valence-corrected chi connectivity index (χ2v) is 4.16. The second-order valence-electron chi connectivity index (χ2n) is 4.16. The highest BCUT2D eigenvalue weighted by Gasteiger charge is 2.15. The first kappa shape index (κ1) is 14.6. The van der Waals surface area contributed by atoms with E-state index in [1.54, 1.807) is 31.2 Å². The predicted octanol–water partition coefficient (Wildman–Crippen LogP) is -0.193. The number of rotatable bonds is 7. The Morgan fingerprint density at radius 3 is 2.50 bits per heavy atom. The summed E-state index contributed by atoms with van der Waals surface area (Å²) in [5, 5.41) is 24.4. The summed E-state index contributed by atoms with van der Waals surface area (Å²) in [6.45, 7) is 3.13. The van der Waals surface area contributed by atoms with E-state index in [-0.39, 0.29) is 0 Å². The van der Waals surface area contributed by atoms with Crippen molar-refractivity contribution >= 4 is 5.91 Å². The number of aliphatic hydroxyl groups is 2. The standard InChI is InChI=1S/C13H20N2O3/c1-10(16)9-14-7-8-15-13(18)12(17)11-5-3-2-4-6-11/h2-6,10,12,14,16-17H,7-9H2,1H3,(H,15,18).